The lowest BCUT2D eigenvalue weighted by Crippen LogP contribution is -2.57. The number of esters is 2. The van der Waals surface area contributed by atoms with Gasteiger partial charge in [-0.05, 0) is 67.9 Å². The van der Waals surface area contributed by atoms with E-state index in [1.807, 2.05) is 18.2 Å². The fourth-order valence-corrected chi connectivity index (χ4v) is 2.72. The number of ether oxygens (including phenoxy) is 3. The Morgan fingerprint density at radius 1 is 0.800 bits per heavy atom. The summed E-state index contributed by atoms with van der Waals surface area (Å²) in [5, 5.41) is 3.27. The number of hydrogen-bond donors (Lipinski definition) is 2. The fraction of sp³-hybridized carbons (Fsp3) is 0.600. The number of hydrogen-bond acceptors (Lipinski definition) is 7. The second-order valence-electron chi connectivity index (χ2n) is 11.0. The molecule has 35 heavy (non-hydrogen) atoms. The topological polar surface area (TPSA) is 123 Å². The highest BCUT2D eigenvalue weighted by Crippen LogP contribution is 2.13. The van der Waals surface area contributed by atoms with Gasteiger partial charge in [-0.15, -0.1) is 0 Å². The van der Waals surface area contributed by atoms with Crippen molar-refractivity contribution >= 4 is 24.1 Å². The molecule has 0 aromatic heterocycles. The molecular formula is C25H39N3O7. The van der Waals surface area contributed by atoms with E-state index in [9.17, 15) is 19.2 Å². The maximum absolute atomic E-state index is 13.1. The van der Waals surface area contributed by atoms with Crippen molar-refractivity contribution in [3.05, 3.63) is 35.9 Å². The molecule has 0 fully saturated rings. The van der Waals surface area contributed by atoms with Crippen molar-refractivity contribution in [1.82, 2.24) is 15.8 Å². The Hall–Kier alpha value is -3.30. The number of carbonyl (C=O) groups excluding carboxylic acids is 4. The SMILES string of the molecule is CC(C)(C)OC(=O)CN(NC(=O)OC(C)(C)C)C(=O)N[C@@H](Cc1ccccc1)C(=O)OC(C)(C)C. The molecule has 0 radical (unpaired) electrons. The van der Waals surface area contributed by atoms with Gasteiger partial charge in [-0.1, -0.05) is 30.3 Å². The van der Waals surface area contributed by atoms with Gasteiger partial charge in [0.05, 0.1) is 0 Å². The van der Waals surface area contributed by atoms with Crippen LogP contribution in [-0.2, 0) is 30.2 Å². The van der Waals surface area contributed by atoms with Gasteiger partial charge in [0.1, 0.15) is 29.4 Å². The second kappa shape index (κ2) is 11.9. The van der Waals surface area contributed by atoms with Gasteiger partial charge in [-0.2, -0.15) is 0 Å². The molecule has 1 aromatic carbocycles. The van der Waals surface area contributed by atoms with Crippen LogP contribution in [0.2, 0.25) is 0 Å². The van der Waals surface area contributed by atoms with Gasteiger partial charge in [0.15, 0.2) is 0 Å². The van der Waals surface area contributed by atoms with E-state index in [4.69, 9.17) is 14.2 Å². The van der Waals surface area contributed by atoms with E-state index in [2.05, 4.69) is 10.7 Å². The summed E-state index contributed by atoms with van der Waals surface area (Å²) in [5.74, 6) is -1.43. The highest BCUT2D eigenvalue weighted by atomic mass is 16.6. The first kappa shape index (κ1) is 29.7. The normalized spacial score (nSPS) is 12.7. The van der Waals surface area contributed by atoms with E-state index in [1.54, 1.807) is 74.4 Å². The van der Waals surface area contributed by atoms with E-state index in [-0.39, 0.29) is 6.42 Å². The molecule has 1 atom stereocenters. The molecule has 0 heterocycles. The largest absolute Gasteiger partial charge is 0.459 e. The Morgan fingerprint density at radius 2 is 1.31 bits per heavy atom. The monoisotopic (exact) mass is 493 g/mol. The van der Waals surface area contributed by atoms with Crippen LogP contribution < -0.4 is 10.7 Å². The summed E-state index contributed by atoms with van der Waals surface area (Å²) >= 11 is 0. The minimum Gasteiger partial charge on any atom is -0.459 e. The second-order valence-corrected chi connectivity index (χ2v) is 11.0. The summed E-state index contributed by atoms with van der Waals surface area (Å²) in [6, 6.07) is 7.06. The molecule has 196 valence electrons. The van der Waals surface area contributed by atoms with Crippen molar-refractivity contribution < 1.29 is 33.4 Å². The number of rotatable bonds is 6. The van der Waals surface area contributed by atoms with Crippen molar-refractivity contribution in [3.8, 4) is 0 Å². The lowest BCUT2D eigenvalue weighted by molar-refractivity contribution is -0.157. The smallest absolute Gasteiger partial charge is 0.426 e. The Balaban J connectivity index is 3.14. The van der Waals surface area contributed by atoms with Crippen LogP contribution in [0.15, 0.2) is 30.3 Å². The van der Waals surface area contributed by atoms with Crippen molar-refractivity contribution in [3.63, 3.8) is 0 Å². The van der Waals surface area contributed by atoms with Crippen molar-refractivity contribution in [1.29, 1.82) is 0 Å². The first-order valence-electron chi connectivity index (χ1n) is 11.4. The molecule has 0 aliphatic carbocycles. The molecule has 1 rings (SSSR count). The van der Waals surface area contributed by atoms with Gasteiger partial charge in [0.25, 0.3) is 0 Å². The van der Waals surface area contributed by atoms with Gasteiger partial charge in [-0.25, -0.2) is 24.8 Å². The number of amides is 3. The number of carbonyl (C=O) groups is 4. The third kappa shape index (κ3) is 13.2. The predicted octanol–water partition coefficient (Wildman–Crippen LogP) is 3.73. The van der Waals surface area contributed by atoms with E-state index in [0.29, 0.717) is 5.01 Å². The van der Waals surface area contributed by atoms with Crippen LogP contribution in [0.3, 0.4) is 0 Å². The Bertz CT molecular complexity index is 851. The summed E-state index contributed by atoms with van der Waals surface area (Å²) in [6.45, 7) is 14.5. The number of hydrazine groups is 1. The zero-order valence-electron chi connectivity index (χ0n) is 22.2. The van der Waals surface area contributed by atoms with E-state index < -0.39 is 53.5 Å². The molecule has 10 heteroatoms. The van der Waals surface area contributed by atoms with Gasteiger partial charge in [0, 0.05) is 6.42 Å². The van der Waals surface area contributed by atoms with Gasteiger partial charge >= 0.3 is 24.1 Å². The van der Waals surface area contributed by atoms with E-state index >= 15 is 0 Å². The molecule has 0 unspecified atom stereocenters. The number of benzene rings is 1. The van der Waals surface area contributed by atoms with Crippen molar-refractivity contribution in [2.45, 2.75) is 91.6 Å². The minimum absolute atomic E-state index is 0.133. The average Bonchev–Trinajstić information content (AvgIpc) is 2.63. The standard InChI is InChI=1S/C25H39N3O7/c1-23(2,3)33-19(29)16-28(27-22(32)35-25(7,8)9)21(31)26-18(20(30)34-24(4,5)6)15-17-13-11-10-12-14-17/h10-14,18H,15-16H2,1-9H3,(H,26,31)(H,27,32)/t18-/m0/s1. The number of nitrogens with zero attached hydrogens (tertiary/aromatic N) is 1. The predicted molar refractivity (Wildman–Crippen MR) is 130 cm³/mol. The highest BCUT2D eigenvalue weighted by Gasteiger charge is 2.31. The molecule has 0 bridgehead atoms. The maximum atomic E-state index is 13.1. The van der Waals surface area contributed by atoms with Crippen LogP contribution in [0.4, 0.5) is 9.59 Å². The molecule has 0 aliphatic rings. The Morgan fingerprint density at radius 3 is 1.80 bits per heavy atom. The average molecular weight is 494 g/mol. The number of nitrogens with one attached hydrogen (secondary N) is 2. The van der Waals surface area contributed by atoms with Gasteiger partial charge < -0.3 is 19.5 Å². The third-order valence-corrected chi connectivity index (χ3v) is 3.85. The summed E-state index contributed by atoms with van der Waals surface area (Å²) in [4.78, 5) is 50.8. The third-order valence-electron chi connectivity index (χ3n) is 3.85. The van der Waals surface area contributed by atoms with Crippen molar-refractivity contribution in [2.75, 3.05) is 6.54 Å². The summed E-state index contributed by atoms with van der Waals surface area (Å²) in [7, 11) is 0. The quantitative estimate of drug-likeness (QED) is 0.352. The molecule has 0 saturated carbocycles. The van der Waals surface area contributed by atoms with E-state index in [1.165, 1.54) is 0 Å². The van der Waals surface area contributed by atoms with Gasteiger partial charge in [0.2, 0.25) is 0 Å². The van der Waals surface area contributed by atoms with E-state index in [0.717, 1.165) is 5.56 Å². The maximum Gasteiger partial charge on any atom is 0.426 e. The first-order chi connectivity index (χ1) is 15.8. The molecule has 3 amide bonds. The zero-order chi connectivity index (χ0) is 27.0. The molecule has 2 N–H and O–H groups in total. The lowest BCUT2D eigenvalue weighted by atomic mass is 10.1. The minimum atomic E-state index is -1.09. The Kier molecular flexibility index (Phi) is 10.1. The van der Waals surface area contributed by atoms with Crippen LogP contribution in [0.5, 0.6) is 0 Å². The highest BCUT2D eigenvalue weighted by molar-refractivity contribution is 5.87. The summed E-state index contributed by atoms with van der Waals surface area (Å²) in [6.07, 6.45) is -0.818. The lowest BCUT2D eigenvalue weighted by Gasteiger charge is -2.29. The molecular weight excluding hydrogens is 454 g/mol. The van der Waals surface area contributed by atoms with Gasteiger partial charge in [-0.3, -0.25) is 4.79 Å². The van der Waals surface area contributed by atoms with Crippen LogP contribution in [0, 0.1) is 0 Å². The zero-order valence-corrected chi connectivity index (χ0v) is 22.2. The summed E-state index contributed by atoms with van der Waals surface area (Å²) in [5.41, 5.74) is 0.593. The number of urea groups is 1. The summed E-state index contributed by atoms with van der Waals surface area (Å²) < 4.78 is 15.9. The van der Waals surface area contributed by atoms with Crippen LogP contribution >= 0.6 is 0 Å². The molecule has 0 aliphatic heterocycles. The van der Waals surface area contributed by atoms with Crippen LogP contribution in [-0.4, -0.2) is 58.5 Å². The molecule has 0 saturated heterocycles. The first-order valence-corrected chi connectivity index (χ1v) is 11.4. The van der Waals surface area contributed by atoms with Crippen LogP contribution in [0.1, 0.15) is 67.9 Å². The van der Waals surface area contributed by atoms with Crippen molar-refractivity contribution in [2.24, 2.45) is 0 Å². The Labute approximate surface area is 207 Å². The fourth-order valence-electron chi connectivity index (χ4n) is 2.72. The molecule has 0 spiro atoms. The molecule has 1 aromatic rings. The van der Waals surface area contributed by atoms with Crippen LogP contribution in [0.25, 0.3) is 0 Å². The molecule has 10 nitrogen and oxygen atoms in total.